The third-order valence-corrected chi connectivity index (χ3v) is 6.76. The van der Waals surface area contributed by atoms with Crippen LogP contribution in [0.4, 0.5) is 15.9 Å². The molecule has 8 heteroatoms. The number of anilines is 2. The minimum Gasteiger partial charge on any atom is -0.339 e. The average molecular weight is 472 g/mol. The van der Waals surface area contributed by atoms with Crippen molar-refractivity contribution in [1.29, 1.82) is 0 Å². The quantitative estimate of drug-likeness (QED) is 0.208. The van der Waals surface area contributed by atoms with E-state index in [0.29, 0.717) is 27.7 Å². The molecule has 5 nitrogen and oxygen atoms in total. The van der Waals surface area contributed by atoms with E-state index in [1.807, 2.05) is 48.5 Å². The number of hydrogen-bond donors (Lipinski definition) is 1. The highest BCUT2D eigenvalue weighted by molar-refractivity contribution is 7.99. The second kappa shape index (κ2) is 9.97. The van der Waals surface area contributed by atoms with Crippen molar-refractivity contribution >= 4 is 46.1 Å². The van der Waals surface area contributed by atoms with Crippen LogP contribution in [-0.2, 0) is 5.75 Å². The van der Waals surface area contributed by atoms with Crippen LogP contribution in [0.15, 0.2) is 106 Å². The van der Waals surface area contributed by atoms with Crippen LogP contribution in [0.1, 0.15) is 5.56 Å². The molecule has 0 aliphatic heterocycles. The van der Waals surface area contributed by atoms with Gasteiger partial charge in [0, 0.05) is 21.7 Å². The second-order valence-electron chi connectivity index (χ2n) is 7.07. The van der Waals surface area contributed by atoms with Crippen LogP contribution in [0.25, 0.3) is 11.0 Å². The van der Waals surface area contributed by atoms with Gasteiger partial charge in [-0.3, -0.25) is 0 Å². The molecule has 0 amide bonds. The van der Waals surface area contributed by atoms with Crippen LogP contribution >= 0.6 is 23.5 Å². The molecule has 2 heterocycles. The van der Waals surface area contributed by atoms with Gasteiger partial charge in [0.25, 0.3) is 0 Å². The number of halogens is 1. The van der Waals surface area contributed by atoms with Crippen LogP contribution < -0.4 is 5.32 Å². The van der Waals surface area contributed by atoms with E-state index < -0.39 is 0 Å². The Morgan fingerprint density at radius 2 is 1.64 bits per heavy atom. The largest absolute Gasteiger partial charge is 0.339 e. The summed E-state index contributed by atoms with van der Waals surface area (Å²) in [7, 11) is 0. The van der Waals surface area contributed by atoms with E-state index >= 15 is 0 Å². The molecule has 0 saturated carbocycles. The third kappa shape index (κ3) is 5.30. The predicted octanol–water partition coefficient (Wildman–Crippen LogP) is 6.75. The van der Waals surface area contributed by atoms with Crippen molar-refractivity contribution in [2.24, 2.45) is 0 Å². The summed E-state index contributed by atoms with van der Waals surface area (Å²) in [5.74, 6) is 0.968. The molecule has 5 aromatic rings. The molecule has 2 aromatic heterocycles. The lowest BCUT2D eigenvalue weighted by Gasteiger charge is -2.13. The maximum absolute atomic E-state index is 14.1. The van der Waals surface area contributed by atoms with Gasteiger partial charge in [-0.1, -0.05) is 72.1 Å². The van der Waals surface area contributed by atoms with Crippen LogP contribution in [0.2, 0.25) is 0 Å². The Bertz CT molecular complexity index is 1380. The summed E-state index contributed by atoms with van der Waals surface area (Å²) in [4.78, 5) is 19.7. The van der Waals surface area contributed by atoms with Gasteiger partial charge in [0.15, 0.2) is 10.8 Å². The Morgan fingerprint density at radius 3 is 2.45 bits per heavy atom. The summed E-state index contributed by atoms with van der Waals surface area (Å²) in [6, 6.07) is 24.8. The SMILES string of the molecule is Fc1ccc(Sc2ccccc2)c(Nc2ncnc3nc(SCc4ccccc4)ncc23)c1. The highest BCUT2D eigenvalue weighted by Crippen LogP contribution is 2.36. The van der Waals surface area contributed by atoms with E-state index in [1.54, 1.807) is 35.8 Å². The molecule has 0 aliphatic rings. The smallest absolute Gasteiger partial charge is 0.189 e. The van der Waals surface area contributed by atoms with Gasteiger partial charge in [-0.25, -0.2) is 24.3 Å². The normalized spacial score (nSPS) is 10.9. The molecule has 1 N–H and O–H groups in total. The van der Waals surface area contributed by atoms with Crippen molar-refractivity contribution in [2.75, 3.05) is 5.32 Å². The molecule has 0 atom stereocenters. The molecule has 0 spiro atoms. The summed E-state index contributed by atoms with van der Waals surface area (Å²) < 4.78 is 14.1. The Hall–Kier alpha value is -3.49. The number of rotatable bonds is 7. The number of nitrogens with zero attached hydrogens (tertiary/aromatic N) is 4. The van der Waals surface area contributed by atoms with E-state index in [4.69, 9.17) is 0 Å². The fourth-order valence-corrected chi connectivity index (χ4v) is 4.83. The minimum atomic E-state index is -0.330. The number of fused-ring (bicyclic) bond motifs is 1. The van der Waals surface area contributed by atoms with Gasteiger partial charge in [0.2, 0.25) is 0 Å². The molecular weight excluding hydrogens is 453 g/mol. The van der Waals surface area contributed by atoms with Crippen LogP contribution in [-0.4, -0.2) is 19.9 Å². The number of nitrogens with one attached hydrogen (secondary N) is 1. The van der Waals surface area contributed by atoms with Gasteiger partial charge in [0.1, 0.15) is 18.0 Å². The van der Waals surface area contributed by atoms with Crippen molar-refractivity contribution in [3.05, 3.63) is 103 Å². The number of benzene rings is 3. The lowest BCUT2D eigenvalue weighted by atomic mass is 10.2. The molecule has 0 fully saturated rings. The molecular formula is C25H18FN5S2. The standard InChI is InChI=1S/C25H18FN5S2/c26-18-11-12-22(33-19-9-5-2-6-10-19)21(13-18)30-23-20-14-27-25(31-24(20)29-16-28-23)32-15-17-7-3-1-4-8-17/h1-14,16H,15H2,(H,27,28,29,30,31). The zero-order valence-corrected chi connectivity index (χ0v) is 19.0. The monoisotopic (exact) mass is 471 g/mol. The zero-order valence-electron chi connectivity index (χ0n) is 17.4. The van der Waals surface area contributed by atoms with E-state index in [9.17, 15) is 4.39 Å². The van der Waals surface area contributed by atoms with Gasteiger partial charge in [-0.15, -0.1) is 0 Å². The summed E-state index contributed by atoms with van der Waals surface area (Å²) >= 11 is 3.10. The summed E-state index contributed by atoms with van der Waals surface area (Å²) in [5.41, 5.74) is 2.35. The number of aromatic nitrogens is 4. The molecule has 5 rings (SSSR count). The molecule has 33 heavy (non-hydrogen) atoms. The van der Waals surface area contributed by atoms with Crippen molar-refractivity contribution < 1.29 is 4.39 Å². The summed E-state index contributed by atoms with van der Waals surface area (Å²) in [5, 5.41) is 4.56. The van der Waals surface area contributed by atoms with E-state index in [0.717, 1.165) is 15.5 Å². The lowest BCUT2D eigenvalue weighted by molar-refractivity contribution is 0.627. The Balaban J connectivity index is 1.41. The molecule has 162 valence electrons. The van der Waals surface area contributed by atoms with E-state index in [2.05, 4.69) is 37.4 Å². The predicted molar refractivity (Wildman–Crippen MR) is 131 cm³/mol. The van der Waals surface area contributed by atoms with Crippen LogP contribution in [0.3, 0.4) is 0 Å². The summed E-state index contributed by atoms with van der Waals surface area (Å²) in [6.07, 6.45) is 3.16. The van der Waals surface area contributed by atoms with Crippen molar-refractivity contribution in [3.8, 4) is 0 Å². The third-order valence-electron chi connectivity index (χ3n) is 4.74. The van der Waals surface area contributed by atoms with Crippen molar-refractivity contribution in [3.63, 3.8) is 0 Å². The minimum absolute atomic E-state index is 0.330. The maximum atomic E-state index is 14.1. The molecule has 0 bridgehead atoms. The average Bonchev–Trinajstić information content (AvgIpc) is 2.86. The van der Waals surface area contributed by atoms with Gasteiger partial charge in [-0.05, 0) is 35.9 Å². The second-order valence-corrected chi connectivity index (χ2v) is 9.12. The Morgan fingerprint density at radius 1 is 0.848 bits per heavy atom. The topological polar surface area (TPSA) is 63.6 Å². The highest BCUT2D eigenvalue weighted by Gasteiger charge is 2.12. The first-order valence-electron chi connectivity index (χ1n) is 10.2. The molecule has 3 aromatic carbocycles. The fraction of sp³-hybridized carbons (Fsp3) is 0.0400. The molecule has 0 aliphatic carbocycles. The first-order valence-corrected chi connectivity index (χ1v) is 12.0. The van der Waals surface area contributed by atoms with Crippen LogP contribution in [0, 0.1) is 5.82 Å². The van der Waals surface area contributed by atoms with Gasteiger partial charge >= 0.3 is 0 Å². The number of hydrogen-bond acceptors (Lipinski definition) is 7. The first kappa shape index (κ1) is 21.4. The lowest BCUT2D eigenvalue weighted by Crippen LogP contribution is -2.00. The summed E-state index contributed by atoms with van der Waals surface area (Å²) in [6.45, 7) is 0. The van der Waals surface area contributed by atoms with Gasteiger partial charge < -0.3 is 5.32 Å². The maximum Gasteiger partial charge on any atom is 0.189 e. The van der Waals surface area contributed by atoms with E-state index in [1.165, 1.54) is 24.0 Å². The van der Waals surface area contributed by atoms with Crippen molar-refractivity contribution in [1.82, 2.24) is 19.9 Å². The zero-order chi connectivity index (χ0) is 22.5. The van der Waals surface area contributed by atoms with Gasteiger partial charge in [0.05, 0.1) is 11.1 Å². The highest BCUT2D eigenvalue weighted by atomic mass is 32.2. The fourth-order valence-electron chi connectivity index (χ4n) is 3.16. The molecule has 0 unspecified atom stereocenters. The first-order chi connectivity index (χ1) is 16.2. The Kier molecular flexibility index (Phi) is 6.46. The Labute approximate surface area is 198 Å². The van der Waals surface area contributed by atoms with Gasteiger partial charge in [-0.2, -0.15) is 0 Å². The number of thioether (sulfide) groups is 1. The van der Waals surface area contributed by atoms with E-state index in [-0.39, 0.29) is 5.82 Å². The van der Waals surface area contributed by atoms with Crippen molar-refractivity contribution in [2.45, 2.75) is 20.7 Å². The van der Waals surface area contributed by atoms with Crippen LogP contribution in [0.5, 0.6) is 0 Å². The molecule has 0 radical (unpaired) electrons. The molecule has 0 saturated heterocycles.